The second-order valence-corrected chi connectivity index (χ2v) is 10.5. The van der Waals surface area contributed by atoms with Crippen molar-refractivity contribution in [1.29, 1.82) is 0 Å². The number of carbonyl (C=O) groups excluding carboxylic acids is 2. The molecule has 2 aliphatic carbocycles. The number of hydrogen-bond donors (Lipinski definition) is 2. The van der Waals surface area contributed by atoms with Crippen LogP contribution in [0.4, 0.5) is 0 Å². The number of carbonyl (C=O) groups is 2. The molecular formula is C25H32N6O3S. The molecule has 0 bridgehead atoms. The number of hydrogen-bond acceptors (Lipinski definition) is 6. The standard InChI is InChI=1S/C25H32N6O3S/c32-21(26-17-8-2-1-3-9-17)14-15-30-23(34)19-12-6-7-13-20(19)31-24(30)28-29-25(31)35-16-22(33)27-18-10-4-5-11-18/h6-7,12-13,17-18H,1-5,8-11,14-16H2,(H,26,32)(H,27,33). The maximum Gasteiger partial charge on any atom is 0.262 e. The summed E-state index contributed by atoms with van der Waals surface area (Å²) in [5.41, 5.74) is 0.501. The van der Waals surface area contributed by atoms with Gasteiger partial charge in [0.05, 0.1) is 16.7 Å². The van der Waals surface area contributed by atoms with Crippen molar-refractivity contribution in [3.05, 3.63) is 34.6 Å². The molecule has 0 atom stereocenters. The second kappa shape index (κ2) is 10.8. The maximum absolute atomic E-state index is 13.3. The van der Waals surface area contributed by atoms with Gasteiger partial charge in [0, 0.05) is 25.0 Å². The number of fused-ring (bicyclic) bond motifs is 3. The van der Waals surface area contributed by atoms with E-state index in [4.69, 9.17) is 0 Å². The van der Waals surface area contributed by atoms with Crippen LogP contribution >= 0.6 is 11.8 Å². The number of nitrogens with zero attached hydrogens (tertiary/aromatic N) is 4. The first-order valence-corrected chi connectivity index (χ1v) is 13.7. The Hall–Kier alpha value is -2.88. The highest BCUT2D eigenvalue weighted by molar-refractivity contribution is 7.99. The van der Waals surface area contributed by atoms with Crippen LogP contribution in [0.3, 0.4) is 0 Å². The van der Waals surface area contributed by atoms with Crippen molar-refractivity contribution in [2.75, 3.05) is 5.75 Å². The van der Waals surface area contributed by atoms with Crippen LogP contribution in [0.2, 0.25) is 0 Å². The first-order chi connectivity index (χ1) is 17.1. The minimum atomic E-state index is -0.193. The largest absolute Gasteiger partial charge is 0.353 e. The lowest BCUT2D eigenvalue weighted by Crippen LogP contribution is -2.37. The number of thioether (sulfide) groups is 1. The molecule has 0 aliphatic heterocycles. The molecule has 2 aliphatic rings. The average molecular weight is 497 g/mol. The average Bonchev–Trinajstić information content (AvgIpc) is 3.53. The number of benzene rings is 1. The van der Waals surface area contributed by atoms with Crippen molar-refractivity contribution in [3.8, 4) is 0 Å². The van der Waals surface area contributed by atoms with Crippen LogP contribution in [0.15, 0.2) is 34.2 Å². The Morgan fingerprint density at radius 2 is 1.57 bits per heavy atom. The van der Waals surface area contributed by atoms with Gasteiger partial charge in [-0.1, -0.05) is 56.0 Å². The molecule has 2 fully saturated rings. The van der Waals surface area contributed by atoms with Gasteiger partial charge in [0.15, 0.2) is 5.16 Å². The lowest BCUT2D eigenvalue weighted by atomic mass is 9.95. The summed E-state index contributed by atoms with van der Waals surface area (Å²) in [5.74, 6) is 0.551. The molecule has 0 unspecified atom stereocenters. The zero-order chi connectivity index (χ0) is 24.2. The SMILES string of the molecule is O=C(CCn1c(=O)c2ccccc2n2c(SCC(=O)NC3CCCC3)nnc12)NC1CCCCC1. The highest BCUT2D eigenvalue weighted by Gasteiger charge is 2.21. The number of para-hydroxylation sites is 1. The molecule has 3 aromatic rings. The molecule has 35 heavy (non-hydrogen) atoms. The number of rotatable bonds is 8. The van der Waals surface area contributed by atoms with Crippen LogP contribution in [0.5, 0.6) is 0 Å². The minimum Gasteiger partial charge on any atom is -0.353 e. The zero-order valence-electron chi connectivity index (χ0n) is 19.9. The van der Waals surface area contributed by atoms with Crippen LogP contribution in [-0.4, -0.2) is 48.8 Å². The number of aromatic nitrogens is 4. The van der Waals surface area contributed by atoms with Crippen LogP contribution in [-0.2, 0) is 16.1 Å². The minimum absolute atomic E-state index is 0.0179. The van der Waals surface area contributed by atoms with Gasteiger partial charge in [0.1, 0.15) is 0 Å². The molecule has 0 spiro atoms. The third kappa shape index (κ3) is 5.37. The van der Waals surface area contributed by atoms with E-state index in [1.807, 2.05) is 22.6 Å². The molecule has 2 saturated carbocycles. The number of amides is 2. The Balaban J connectivity index is 1.36. The van der Waals surface area contributed by atoms with E-state index >= 15 is 0 Å². The monoisotopic (exact) mass is 496 g/mol. The smallest absolute Gasteiger partial charge is 0.262 e. The molecule has 1 aromatic carbocycles. The van der Waals surface area contributed by atoms with E-state index in [0.29, 0.717) is 21.8 Å². The van der Waals surface area contributed by atoms with E-state index in [-0.39, 0.29) is 48.2 Å². The lowest BCUT2D eigenvalue weighted by molar-refractivity contribution is -0.122. The number of nitrogens with one attached hydrogen (secondary N) is 2. The zero-order valence-corrected chi connectivity index (χ0v) is 20.7. The number of aryl methyl sites for hydroxylation is 1. The van der Waals surface area contributed by atoms with Gasteiger partial charge in [0.2, 0.25) is 17.6 Å². The van der Waals surface area contributed by atoms with E-state index in [9.17, 15) is 14.4 Å². The molecule has 0 saturated heterocycles. The van der Waals surface area contributed by atoms with Crippen LogP contribution in [0.25, 0.3) is 16.7 Å². The quantitative estimate of drug-likeness (QED) is 0.464. The lowest BCUT2D eigenvalue weighted by Gasteiger charge is -2.22. The van der Waals surface area contributed by atoms with Gasteiger partial charge >= 0.3 is 0 Å². The van der Waals surface area contributed by atoms with Crippen LogP contribution in [0.1, 0.15) is 64.2 Å². The Morgan fingerprint density at radius 3 is 2.31 bits per heavy atom. The molecule has 2 heterocycles. The normalized spacial score (nSPS) is 17.3. The molecule has 0 radical (unpaired) electrons. The van der Waals surface area contributed by atoms with Gasteiger partial charge in [-0.2, -0.15) is 0 Å². The predicted octanol–water partition coefficient (Wildman–Crippen LogP) is 3.03. The topological polar surface area (TPSA) is 110 Å². The summed E-state index contributed by atoms with van der Waals surface area (Å²) < 4.78 is 3.35. The van der Waals surface area contributed by atoms with E-state index in [1.165, 1.54) is 22.7 Å². The molecule has 2 amide bonds. The Morgan fingerprint density at radius 1 is 0.914 bits per heavy atom. The fourth-order valence-electron chi connectivity index (χ4n) is 5.26. The molecular weight excluding hydrogens is 464 g/mol. The van der Waals surface area contributed by atoms with Crippen molar-refractivity contribution in [3.63, 3.8) is 0 Å². The van der Waals surface area contributed by atoms with E-state index in [0.717, 1.165) is 51.4 Å². The third-order valence-corrected chi connectivity index (χ3v) is 7.99. The summed E-state index contributed by atoms with van der Waals surface area (Å²) >= 11 is 1.31. The Kier molecular flexibility index (Phi) is 7.36. The van der Waals surface area contributed by atoms with E-state index in [2.05, 4.69) is 20.8 Å². The fourth-order valence-corrected chi connectivity index (χ4v) is 6.01. The molecule has 2 aromatic heterocycles. The van der Waals surface area contributed by atoms with Gasteiger partial charge in [-0.05, 0) is 37.8 Å². The predicted molar refractivity (Wildman–Crippen MR) is 136 cm³/mol. The van der Waals surface area contributed by atoms with Crippen molar-refractivity contribution in [2.45, 2.75) is 88.0 Å². The highest BCUT2D eigenvalue weighted by atomic mass is 32.2. The summed E-state index contributed by atoms with van der Waals surface area (Å²) in [7, 11) is 0. The first kappa shape index (κ1) is 23.8. The van der Waals surface area contributed by atoms with E-state index in [1.54, 1.807) is 6.07 Å². The van der Waals surface area contributed by atoms with Crippen LogP contribution in [0, 0.1) is 0 Å². The maximum atomic E-state index is 13.3. The molecule has 2 N–H and O–H groups in total. The van der Waals surface area contributed by atoms with E-state index < -0.39 is 0 Å². The summed E-state index contributed by atoms with van der Waals surface area (Å²) in [6.07, 6.45) is 10.2. The van der Waals surface area contributed by atoms with Gasteiger partial charge in [0.25, 0.3) is 5.56 Å². The first-order valence-electron chi connectivity index (χ1n) is 12.7. The molecule has 5 rings (SSSR count). The van der Waals surface area contributed by atoms with Crippen molar-refractivity contribution in [2.24, 2.45) is 0 Å². The summed E-state index contributed by atoms with van der Waals surface area (Å²) in [5, 5.41) is 15.9. The van der Waals surface area contributed by atoms with Gasteiger partial charge < -0.3 is 10.6 Å². The third-order valence-electron chi connectivity index (χ3n) is 7.06. The van der Waals surface area contributed by atoms with Gasteiger partial charge in [-0.3, -0.25) is 23.4 Å². The molecule has 10 heteroatoms. The fraction of sp³-hybridized carbons (Fsp3) is 0.560. The summed E-state index contributed by atoms with van der Waals surface area (Å²) in [4.78, 5) is 38.4. The summed E-state index contributed by atoms with van der Waals surface area (Å²) in [6.45, 7) is 0.219. The molecule has 9 nitrogen and oxygen atoms in total. The van der Waals surface area contributed by atoms with Crippen LogP contribution < -0.4 is 16.2 Å². The van der Waals surface area contributed by atoms with Crippen molar-refractivity contribution in [1.82, 2.24) is 29.8 Å². The summed E-state index contributed by atoms with van der Waals surface area (Å²) in [6, 6.07) is 7.82. The Labute approximate surface area is 208 Å². The second-order valence-electron chi connectivity index (χ2n) is 9.58. The molecule has 186 valence electrons. The van der Waals surface area contributed by atoms with Crippen molar-refractivity contribution >= 4 is 40.3 Å². The Bertz CT molecular complexity index is 1270. The van der Waals surface area contributed by atoms with Gasteiger partial charge in [-0.25, -0.2) is 0 Å². The van der Waals surface area contributed by atoms with Gasteiger partial charge in [-0.15, -0.1) is 10.2 Å². The van der Waals surface area contributed by atoms with Crippen molar-refractivity contribution < 1.29 is 9.59 Å². The highest BCUT2D eigenvalue weighted by Crippen LogP contribution is 2.23.